The summed E-state index contributed by atoms with van der Waals surface area (Å²) in [6.45, 7) is 0.533. The molecule has 0 aromatic carbocycles. The Morgan fingerprint density at radius 2 is 1.82 bits per heavy atom. The van der Waals surface area contributed by atoms with E-state index in [-0.39, 0.29) is 11.2 Å². The van der Waals surface area contributed by atoms with E-state index in [1.807, 2.05) is 7.11 Å². The third-order valence-electron chi connectivity index (χ3n) is 4.42. The number of anilines is 1. The van der Waals surface area contributed by atoms with Crippen molar-refractivity contribution in [3.05, 3.63) is 28.2 Å². The van der Waals surface area contributed by atoms with Gasteiger partial charge in [0.2, 0.25) is 0 Å². The summed E-state index contributed by atoms with van der Waals surface area (Å²) in [4.78, 5) is 13.5. The molecule has 2 saturated carbocycles. The minimum absolute atomic E-state index is 0.239. The number of hydrogen-bond donors (Lipinski definition) is 2. The number of pyridine rings is 1. The second-order valence-electron chi connectivity index (χ2n) is 6.15. The average Bonchev–Trinajstić information content (AvgIpc) is 2.51. The van der Waals surface area contributed by atoms with Gasteiger partial charge in [-0.1, -0.05) is 19.3 Å². The van der Waals surface area contributed by atoms with Crippen molar-refractivity contribution in [3.8, 4) is 0 Å². The second-order valence-corrected chi connectivity index (χ2v) is 6.15. The molecule has 5 nitrogen and oxygen atoms in total. The van der Waals surface area contributed by atoms with E-state index in [0.29, 0.717) is 18.8 Å². The number of methoxy groups -OCH3 is 1. The number of aromatic amines is 1. The first-order valence-electron chi connectivity index (χ1n) is 8.30. The van der Waals surface area contributed by atoms with Crippen LogP contribution in [0.2, 0.25) is 0 Å². The number of nitrogens with one attached hydrogen (secondary N) is 1. The number of ether oxygens (including phenoxy) is 2. The molecule has 1 aromatic heterocycles. The molecule has 0 aliphatic heterocycles. The lowest BCUT2D eigenvalue weighted by atomic mass is 9.96. The van der Waals surface area contributed by atoms with Crippen molar-refractivity contribution in [1.82, 2.24) is 4.98 Å². The highest BCUT2D eigenvalue weighted by atomic mass is 16.5. The molecule has 2 aliphatic carbocycles. The van der Waals surface area contributed by atoms with Crippen LogP contribution in [0.15, 0.2) is 17.1 Å². The Bertz CT molecular complexity index is 491. The van der Waals surface area contributed by atoms with Crippen molar-refractivity contribution in [2.75, 3.05) is 12.8 Å². The highest BCUT2D eigenvalue weighted by Gasteiger charge is 2.17. The Morgan fingerprint density at radius 3 is 2.32 bits per heavy atom. The molecule has 0 spiro atoms. The number of H-pyrrole nitrogens is 1. The minimum atomic E-state index is -0.239. The van der Waals surface area contributed by atoms with Crippen LogP contribution in [-0.4, -0.2) is 24.3 Å². The van der Waals surface area contributed by atoms with Gasteiger partial charge >= 0.3 is 0 Å². The van der Waals surface area contributed by atoms with Crippen LogP contribution in [0.4, 0.5) is 5.69 Å². The standard InChI is InChI=1S/C10H14N2O2.C7H14O/c11-9-4-7(5-12-10(9)13)6-14-8-2-1-3-8;1-8-7-5-3-2-4-6-7/h4-5,8H,1-3,6,11H2,(H,12,13);7H,2-6H2,1H3. The SMILES string of the molecule is COC1CCCCC1.Nc1cc(COC2CCC2)c[nH]c1=O. The van der Waals surface area contributed by atoms with Gasteiger partial charge in [-0.15, -0.1) is 0 Å². The molecule has 0 unspecified atom stereocenters. The predicted octanol–water partition coefficient (Wildman–Crippen LogP) is 2.99. The van der Waals surface area contributed by atoms with Crippen LogP contribution in [-0.2, 0) is 16.1 Å². The zero-order valence-corrected chi connectivity index (χ0v) is 13.5. The maximum Gasteiger partial charge on any atom is 0.271 e. The fourth-order valence-corrected chi connectivity index (χ4v) is 2.68. The molecule has 22 heavy (non-hydrogen) atoms. The van der Waals surface area contributed by atoms with Crippen molar-refractivity contribution < 1.29 is 9.47 Å². The monoisotopic (exact) mass is 308 g/mol. The van der Waals surface area contributed by atoms with Crippen LogP contribution < -0.4 is 11.3 Å². The second kappa shape index (κ2) is 8.96. The average molecular weight is 308 g/mol. The summed E-state index contributed by atoms with van der Waals surface area (Å²) >= 11 is 0. The summed E-state index contributed by atoms with van der Waals surface area (Å²) in [5, 5.41) is 0. The summed E-state index contributed by atoms with van der Waals surface area (Å²) < 4.78 is 10.8. The molecule has 3 N–H and O–H groups in total. The first-order chi connectivity index (χ1) is 10.7. The van der Waals surface area contributed by atoms with Crippen LogP contribution >= 0.6 is 0 Å². The number of nitrogen functional groups attached to an aromatic ring is 1. The molecule has 0 atom stereocenters. The van der Waals surface area contributed by atoms with E-state index in [1.165, 1.54) is 38.5 Å². The first kappa shape index (κ1) is 17.0. The summed E-state index contributed by atoms with van der Waals surface area (Å²) in [6, 6.07) is 1.66. The molecule has 0 saturated heterocycles. The third-order valence-corrected chi connectivity index (χ3v) is 4.42. The van der Waals surface area contributed by atoms with E-state index < -0.39 is 0 Å². The third kappa shape index (κ3) is 5.46. The van der Waals surface area contributed by atoms with E-state index in [9.17, 15) is 4.79 Å². The van der Waals surface area contributed by atoms with Crippen LogP contribution in [0.1, 0.15) is 56.9 Å². The van der Waals surface area contributed by atoms with E-state index >= 15 is 0 Å². The summed E-state index contributed by atoms with van der Waals surface area (Å²) in [5.41, 5.74) is 6.41. The molecule has 124 valence electrons. The van der Waals surface area contributed by atoms with Gasteiger partial charge in [-0.3, -0.25) is 4.79 Å². The zero-order chi connectivity index (χ0) is 15.8. The zero-order valence-electron chi connectivity index (χ0n) is 13.5. The van der Waals surface area contributed by atoms with Gasteiger partial charge in [0.05, 0.1) is 24.5 Å². The van der Waals surface area contributed by atoms with Crippen LogP contribution in [0.3, 0.4) is 0 Å². The Hall–Kier alpha value is -1.33. The van der Waals surface area contributed by atoms with Crippen LogP contribution in [0.25, 0.3) is 0 Å². The van der Waals surface area contributed by atoms with E-state index in [0.717, 1.165) is 18.4 Å². The topological polar surface area (TPSA) is 77.3 Å². The van der Waals surface area contributed by atoms with E-state index in [2.05, 4.69) is 4.98 Å². The van der Waals surface area contributed by atoms with E-state index in [1.54, 1.807) is 12.3 Å². The molecule has 0 radical (unpaired) electrons. The van der Waals surface area contributed by atoms with E-state index in [4.69, 9.17) is 15.2 Å². The Balaban J connectivity index is 0.000000188. The van der Waals surface area contributed by atoms with Crippen LogP contribution in [0.5, 0.6) is 0 Å². The fraction of sp³-hybridized carbons (Fsp3) is 0.706. The predicted molar refractivity (Wildman–Crippen MR) is 87.8 cm³/mol. The lowest BCUT2D eigenvalue weighted by molar-refractivity contribution is -0.00875. The van der Waals surface area contributed by atoms with Gasteiger partial charge in [0, 0.05) is 13.3 Å². The van der Waals surface area contributed by atoms with Crippen LogP contribution in [0, 0.1) is 0 Å². The van der Waals surface area contributed by atoms with Gasteiger partial charge in [-0.25, -0.2) is 0 Å². The Kier molecular flexibility index (Phi) is 6.93. The van der Waals surface area contributed by atoms with Gasteiger partial charge < -0.3 is 20.2 Å². The van der Waals surface area contributed by atoms with Gasteiger partial charge in [-0.2, -0.15) is 0 Å². The summed E-state index contributed by atoms with van der Waals surface area (Å²) in [7, 11) is 1.82. The summed E-state index contributed by atoms with van der Waals surface area (Å²) in [6.07, 6.45) is 12.9. The number of hydrogen-bond acceptors (Lipinski definition) is 4. The van der Waals surface area contributed by atoms with Crippen molar-refractivity contribution in [1.29, 1.82) is 0 Å². The Morgan fingerprint density at radius 1 is 1.14 bits per heavy atom. The van der Waals surface area contributed by atoms with Gasteiger partial charge in [0.25, 0.3) is 5.56 Å². The minimum Gasteiger partial charge on any atom is -0.394 e. The molecule has 1 heterocycles. The van der Waals surface area contributed by atoms with Crippen molar-refractivity contribution >= 4 is 5.69 Å². The summed E-state index contributed by atoms with van der Waals surface area (Å²) in [5.74, 6) is 0. The number of rotatable bonds is 4. The van der Waals surface area contributed by atoms with Crippen molar-refractivity contribution in [2.45, 2.75) is 70.2 Å². The molecule has 0 amide bonds. The lowest BCUT2D eigenvalue weighted by Crippen LogP contribution is -2.21. The largest absolute Gasteiger partial charge is 0.394 e. The lowest BCUT2D eigenvalue weighted by Gasteiger charge is -2.25. The maximum absolute atomic E-state index is 11.0. The molecular weight excluding hydrogens is 280 g/mol. The normalized spacial score (nSPS) is 19.1. The van der Waals surface area contributed by atoms with Crippen molar-refractivity contribution in [2.24, 2.45) is 0 Å². The quantitative estimate of drug-likeness (QED) is 0.896. The van der Waals surface area contributed by atoms with Gasteiger partial charge in [0.15, 0.2) is 0 Å². The molecule has 5 heteroatoms. The maximum atomic E-state index is 11.0. The molecular formula is C17H28N2O3. The molecule has 0 bridgehead atoms. The molecule has 1 aromatic rings. The number of nitrogens with two attached hydrogens (primary N) is 1. The Labute approximate surface area is 132 Å². The first-order valence-corrected chi connectivity index (χ1v) is 8.30. The molecule has 2 fully saturated rings. The van der Waals surface area contributed by atoms with Crippen molar-refractivity contribution in [3.63, 3.8) is 0 Å². The number of aromatic nitrogens is 1. The fourth-order valence-electron chi connectivity index (χ4n) is 2.68. The molecule has 3 rings (SSSR count). The van der Waals surface area contributed by atoms with Gasteiger partial charge in [-0.05, 0) is 43.7 Å². The molecule has 2 aliphatic rings. The van der Waals surface area contributed by atoms with Gasteiger partial charge in [0.1, 0.15) is 0 Å². The smallest absolute Gasteiger partial charge is 0.271 e. The highest BCUT2D eigenvalue weighted by molar-refractivity contribution is 5.36. The highest BCUT2D eigenvalue weighted by Crippen LogP contribution is 2.23.